The van der Waals surface area contributed by atoms with Crippen LogP contribution in [0.3, 0.4) is 0 Å². The molecule has 146 valence electrons. The van der Waals surface area contributed by atoms with Crippen LogP contribution in [0.15, 0.2) is 30.6 Å². The summed E-state index contributed by atoms with van der Waals surface area (Å²) in [5.74, 6) is -4.65. The van der Waals surface area contributed by atoms with E-state index >= 15 is 0 Å². The van der Waals surface area contributed by atoms with Crippen LogP contribution in [-0.2, 0) is 13.1 Å². The van der Waals surface area contributed by atoms with Gasteiger partial charge in [0.15, 0.2) is 6.61 Å². The fraction of sp³-hybridized carbons (Fsp3) is 0.353. The lowest BCUT2D eigenvalue weighted by molar-refractivity contribution is -0.148. The van der Waals surface area contributed by atoms with Gasteiger partial charge in [-0.25, -0.2) is 13.8 Å². The first-order valence-corrected chi connectivity index (χ1v) is 7.90. The van der Waals surface area contributed by atoms with Crippen LogP contribution in [0.4, 0.5) is 17.6 Å². The van der Waals surface area contributed by atoms with Crippen LogP contribution in [-0.4, -0.2) is 34.8 Å². The molecule has 0 bridgehead atoms. The molecule has 3 heterocycles. The van der Waals surface area contributed by atoms with Gasteiger partial charge in [0.05, 0.1) is 0 Å². The van der Waals surface area contributed by atoms with E-state index in [-0.39, 0.29) is 5.88 Å². The number of nitrogens with one attached hydrogen (secondary N) is 1. The first-order valence-electron chi connectivity index (χ1n) is 7.90. The van der Waals surface area contributed by atoms with Gasteiger partial charge in [0.1, 0.15) is 5.69 Å². The average Bonchev–Trinajstić information content (AvgIpc) is 3.10. The van der Waals surface area contributed by atoms with Gasteiger partial charge in [-0.15, -0.1) is 0 Å². The lowest BCUT2D eigenvalue weighted by atomic mass is 10.1. The highest BCUT2D eigenvalue weighted by Crippen LogP contribution is 2.24. The summed E-state index contributed by atoms with van der Waals surface area (Å²) in [7, 11) is 0. The van der Waals surface area contributed by atoms with Crippen molar-refractivity contribution in [1.82, 2.24) is 15.3 Å². The van der Waals surface area contributed by atoms with Crippen LogP contribution in [0.1, 0.15) is 27.2 Å². The van der Waals surface area contributed by atoms with Crippen molar-refractivity contribution in [3.63, 3.8) is 0 Å². The number of carbonyl (C=O) groups is 1. The molecule has 0 fully saturated rings. The molecule has 1 aliphatic heterocycles. The Morgan fingerprint density at radius 2 is 2.04 bits per heavy atom. The molecule has 0 saturated carbocycles. The Kier molecular flexibility index (Phi) is 6.67. The molecule has 2 aromatic heterocycles. The normalized spacial score (nSPS) is 13.0. The van der Waals surface area contributed by atoms with Crippen molar-refractivity contribution in [1.29, 1.82) is 0 Å². The number of primary amides is 1. The number of hydrogen-bond acceptors (Lipinski definition) is 5. The van der Waals surface area contributed by atoms with Crippen molar-refractivity contribution >= 4 is 5.91 Å². The number of ether oxygens (including phenoxy) is 1. The summed E-state index contributed by atoms with van der Waals surface area (Å²) < 4.78 is 53.0. The van der Waals surface area contributed by atoms with Crippen molar-refractivity contribution in [3.8, 4) is 5.88 Å². The van der Waals surface area contributed by atoms with Gasteiger partial charge in [0, 0.05) is 36.6 Å². The maximum atomic E-state index is 12.5. The molecule has 1 amide bonds. The summed E-state index contributed by atoms with van der Waals surface area (Å²) in [6.07, 6.45) is -0.782. The molecule has 3 N–H and O–H groups in total. The Labute approximate surface area is 152 Å². The second kappa shape index (κ2) is 8.76. The number of aryl methyl sites for hydroxylation is 1. The molecule has 0 aliphatic carbocycles. The standard InChI is InChI=1S/C9H9F4NO.C8H9N3O/c1-6-3-2-4-14-7(6)15-5-9(12,13)8(10)11;9-8(12)7-6-4-10-3-5(6)1-2-11-7/h2-4,8H,5H2,1H3;1-2,10H,3-4H2,(H2,9,12). The summed E-state index contributed by atoms with van der Waals surface area (Å²) in [6.45, 7) is 1.71. The molecule has 10 heteroatoms. The highest BCUT2D eigenvalue weighted by molar-refractivity contribution is 5.92. The zero-order chi connectivity index (χ0) is 20.0. The highest BCUT2D eigenvalue weighted by Gasteiger charge is 2.41. The summed E-state index contributed by atoms with van der Waals surface area (Å²) in [5.41, 5.74) is 8.15. The third-order valence-electron chi connectivity index (χ3n) is 3.69. The smallest absolute Gasteiger partial charge is 0.340 e. The number of rotatable bonds is 5. The molecular weight excluding hydrogens is 368 g/mol. The second-order valence-corrected chi connectivity index (χ2v) is 5.74. The highest BCUT2D eigenvalue weighted by atomic mass is 19.3. The van der Waals surface area contributed by atoms with E-state index in [2.05, 4.69) is 20.0 Å². The van der Waals surface area contributed by atoms with E-state index in [1.807, 2.05) is 6.07 Å². The zero-order valence-corrected chi connectivity index (χ0v) is 14.4. The van der Waals surface area contributed by atoms with Gasteiger partial charge in [-0.3, -0.25) is 9.78 Å². The van der Waals surface area contributed by atoms with Crippen LogP contribution in [0, 0.1) is 6.92 Å². The minimum Gasteiger partial charge on any atom is -0.471 e. The molecule has 0 unspecified atom stereocenters. The van der Waals surface area contributed by atoms with Crippen molar-refractivity contribution in [2.45, 2.75) is 32.4 Å². The Bertz CT molecular complexity index is 802. The molecule has 0 saturated heterocycles. The summed E-state index contributed by atoms with van der Waals surface area (Å²) in [5, 5.41) is 3.14. The maximum Gasteiger partial charge on any atom is 0.340 e. The number of alkyl halides is 4. The monoisotopic (exact) mass is 386 g/mol. The third kappa shape index (κ3) is 5.36. The van der Waals surface area contributed by atoms with Crippen molar-refractivity contribution in [2.75, 3.05) is 6.61 Å². The molecule has 0 spiro atoms. The topological polar surface area (TPSA) is 90.1 Å². The molecule has 27 heavy (non-hydrogen) atoms. The Balaban J connectivity index is 0.000000198. The Morgan fingerprint density at radius 3 is 2.67 bits per heavy atom. The quantitative estimate of drug-likeness (QED) is 0.771. The first kappa shape index (κ1) is 20.6. The summed E-state index contributed by atoms with van der Waals surface area (Å²) in [6, 6.07) is 5.08. The molecule has 0 atom stereocenters. The lowest BCUT2D eigenvalue weighted by Gasteiger charge is -2.15. The van der Waals surface area contributed by atoms with E-state index in [4.69, 9.17) is 5.73 Å². The van der Waals surface area contributed by atoms with Gasteiger partial charge >= 0.3 is 12.3 Å². The van der Waals surface area contributed by atoms with Gasteiger partial charge < -0.3 is 15.8 Å². The number of nitrogens with zero attached hydrogens (tertiary/aromatic N) is 2. The molecule has 0 radical (unpaired) electrons. The zero-order valence-electron chi connectivity index (χ0n) is 14.4. The maximum absolute atomic E-state index is 12.5. The van der Waals surface area contributed by atoms with E-state index in [1.165, 1.54) is 6.20 Å². The molecule has 0 aromatic carbocycles. The SMILES string of the molecule is Cc1cccnc1OCC(F)(F)C(F)F.NC(=O)c1nccc2c1CNC2. The molecular formula is C17H18F4N4O2. The number of fused-ring (bicyclic) bond motifs is 1. The van der Waals surface area contributed by atoms with Gasteiger partial charge in [-0.1, -0.05) is 6.07 Å². The van der Waals surface area contributed by atoms with Gasteiger partial charge in [0.25, 0.3) is 5.91 Å². The van der Waals surface area contributed by atoms with Crippen LogP contribution < -0.4 is 15.8 Å². The van der Waals surface area contributed by atoms with Crippen molar-refractivity contribution in [2.24, 2.45) is 5.73 Å². The van der Waals surface area contributed by atoms with E-state index in [1.54, 1.807) is 25.3 Å². The van der Waals surface area contributed by atoms with Crippen LogP contribution >= 0.6 is 0 Å². The number of pyridine rings is 2. The number of amides is 1. The summed E-state index contributed by atoms with van der Waals surface area (Å²) >= 11 is 0. The Hall–Kier alpha value is -2.75. The van der Waals surface area contributed by atoms with Gasteiger partial charge in [0.2, 0.25) is 5.88 Å². The third-order valence-corrected chi connectivity index (χ3v) is 3.69. The number of halogens is 4. The predicted octanol–water partition coefficient (Wildman–Crippen LogP) is 2.45. The number of carbonyl (C=O) groups excluding carboxylic acids is 1. The van der Waals surface area contributed by atoms with Gasteiger partial charge in [-0.05, 0) is 24.6 Å². The number of nitrogens with two attached hydrogens (primary N) is 1. The van der Waals surface area contributed by atoms with E-state index in [0.29, 0.717) is 17.8 Å². The summed E-state index contributed by atoms with van der Waals surface area (Å²) in [4.78, 5) is 18.5. The predicted molar refractivity (Wildman–Crippen MR) is 88.7 cm³/mol. The second-order valence-electron chi connectivity index (χ2n) is 5.74. The van der Waals surface area contributed by atoms with Crippen LogP contribution in [0.2, 0.25) is 0 Å². The lowest BCUT2D eigenvalue weighted by Crippen LogP contribution is -2.34. The molecule has 1 aliphatic rings. The molecule has 2 aromatic rings. The van der Waals surface area contributed by atoms with Gasteiger partial charge in [-0.2, -0.15) is 8.78 Å². The largest absolute Gasteiger partial charge is 0.471 e. The number of aromatic nitrogens is 2. The van der Waals surface area contributed by atoms with E-state index < -0.39 is 24.9 Å². The van der Waals surface area contributed by atoms with Crippen LogP contribution in [0.5, 0.6) is 5.88 Å². The fourth-order valence-corrected chi connectivity index (χ4v) is 2.28. The first-order chi connectivity index (χ1) is 12.7. The van der Waals surface area contributed by atoms with Crippen molar-refractivity contribution < 1.29 is 27.1 Å². The average molecular weight is 386 g/mol. The minimum absolute atomic E-state index is 0.0576. The number of hydrogen-bond donors (Lipinski definition) is 2. The van der Waals surface area contributed by atoms with E-state index in [9.17, 15) is 22.4 Å². The molecule has 6 nitrogen and oxygen atoms in total. The minimum atomic E-state index is -4.15. The van der Waals surface area contributed by atoms with Crippen LogP contribution in [0.25, 0.3) is 0 Å². The Morgan fingerprint density at radius 1 is 1.30 bits per heavy atom. The van der Waals surface area contributed by atoms with E-state index in [0.717, 1.165) is 17.7 Å². The molecule has 3 rings (SSSR count). The fourth-order valence-electron chi connectivity index (χ4n) is 2.28. The van der Waals surface area contributed by atoms with Crippen molar-refractivity contribution in [3.05, 3.63) is 53.0 Å².